The number of piperidine rings is 1. The molecule has 0 bridgehead atoms. The number of likely N-dealkylation sites (tertiary alicyclic amines) is 1. The Morgan fingerprint density at radius 2 is 2.24 bits per heavy atom. The summed E-state index contributed by atoms with van der Waals surface area (Å²) in [6.07, 6.45) is 6.51. The van der Waals surface area contributed by atoms with Crippen LogP contribution in [0.25, 0.3) is 11.3 Å². The van der Waals surface area contributed by atoms with E-state index in [0.717, 1.165) is 42.9 Å². The second kappa shape index (κ2) is 6.48. The largest absolute Gasteiger partial charge is 0.332 e. The minimum Gasteiger partial charge on any atom is -0.332 e. The first-order valence-electron chi connectivity index (χ1n) is 8.87. The van der Waals surface area contributed by atoms with E-state index in [9.17, 15) is 4.79 Å². The summed E-state index contributed by atoms with van der Waals surface area (Å²) in [4.78, 5) is 20.8. The van der Waals surface area contributed by atoms with Gasteiger partial charge in [-0.05, 0) is 32.4 Å². The molecule has 0 unspecified atom stereocenters. The van der Waals surface area contributed by atoms with E-state index in [0.29, 0.717) is 6.04 Å². The van der Waals surface area contributed by atoms with Crippen LogP contribution in [0.2, 0.25) is 0 Å². The molecule has 2 aliphatic heterocycles. The molecular formula is C18H24N6O. The SMILES string of the molecule is CC(C)N1C(=O)N[C@@H]2CN(Cc3cn[nH]c3-c3cccnc3)CC[C@@H]21. The molecule has 2 atom stereocenters. The smallest absolute Gasteiger partial charge is 0.318 e. The highest BCUT2D eigenvalue weighted by molar-refractivity contribution is 5.78. The zero-order valence-electron chi connectivity index (χ0n) is 14.6. The average molecular weight is 340 g/mol. The molecule has 132 valence electrons. The summed E-state index contributed by atoms with van der Waals surface area (Å²) in [6, 6.07) is 4.80. The van der Waals surface area contributed by atoms with E-state index in [-0.39, 0.29) is 18.1 Å². The van der Waals surface area contributed by atoms with Crippen LogP contribution in [0.15, 0.2) is 30.7 Å². The van der Waals surface area contributed by atoms with Crippen molar-refractivity contribution in [1.29, 1.82) is 0 Å². The van der Waals surface area contributed by atoms with Crippen molar-refractivity contribution < 1.29 is 4.79 Å². The van der Waals surface area contributed by atoms with E-state index in [1.807, 2.05) is 29.4 Å². The fourth-order valence-corrected chi connectivity index (χ4v) is 4.06. The Morgan fingerprint density at radius 3 is 3.00 bits per heavy atom. The zero-order valence-corrected chi connectivity index (χ0v) is 14.6. The van der Waals surface area contributed by atoms with E-state index >= 15 is 0 Å². The Morgan fingerprint density at radius 1 is 1.36 bits per heavy atom. The van der Waals surface area contributed by atoms with Crippen LogP contribution in [0.5, 0.6) is 0 Å². The number of amides is 2. The highest BCUT2D eigenvalue weighted by atomic mass is 16.2. The highest BCUT2D eigenvalue weighted by Gasteiger charge is 2.43. The average Bonchev–Trinajstić information content (AvgIpc) is 3.18. The molecular weight excluding hydrogens is 316 g/mol. The number of hydrogen-bond acceptors (Lipinski definition) is 4. The Kier molecular flexibility index (Phi) is 4.17. The summed E-state index contributed by atoms with van der Waals surface area (Å²) in [5.41, 5.74) is 3.23. The zero-order chi connectivity index (χ0) is 17.4. The molecule has 2 saturated heterocycles. The van der Waals surface area contributed by atoms with Gasteiger partial charge in [0.1, 0.15) is 0 Å². The van der Waals surface area contributed by atoms with E-state index in [2.05, 4.69) is 39.2 Å². The van der Waals surface area contributed by atoms with Gasteiger partial charge in [-0.3, -0.25) is 15.0 Å². The quantitative estimate of drug-likeness (QED) is 0.890. The summed E-state index contributed by atoms with van der Waals surface area (Å²) in [6.45, 7) is 6.84. The molecule has 2 aliphatic rings. The van der Waals surface area contributed by atoms with Gasteiger partial charge in [-0.25, -0.2) is 4.79 Å². The second-order valence-electron chi connectivity index (χ2n) is 7.16. The van der Waals surface area contributed by atoms with Crippen molar-refractivity contribution in [2.24, 2.45) is 0 Å². The van der Waals surface area contributed by atoms with Crippen LogP contribution >= 0.6 is 0 Å². The van der Waals surface area contributed by atoms with Gasteiger partial charge in [-0.15, -0.1) is 0 Å². The van der Waals surface area contributed by atoms with Crippen LogP contribution in [0.3, 0.4) is 0 Å². The van der Waals surface area contributed by atoms with Crippen molar-refractivity contribution in [3.63, 3.8) is 0 Å². The number of nitrogens with zero attached hydrogens (tertiary/aromatic N) is 4. The fraction of sp³-hybridized carbons (Fsp3) is 0.500. The molecule has 7 nitrogen and oxygen atoms in total. The lowest BCUT2D eigenvalue weighted by Crippen LogP contribution is -2.51. The summed E-state index contributed by atoms with van der Waals surface area (Å²) in [5.74, 6) is 0. The van der Waals surface area contributed by atoms with Gasteiger partial charge in [0.15, 0.2) is 0 Å². The van der Waals surface area contributed by atoms with E-state index in [1.165, 1.54) is 0 Å². The first-order valence-corrected chi connectivity index (χ1v) is 8.87. The van der Waals surface area contributed by atoms with Gasteiger partial charge in [-0.2, -0.15) is 5.10 Å². The van der Waals surface area contributed by atoms with Crippen LogP contribution in [0, 0.1) is 0 Å². The minimum atomic E-state index is 0.0752. The van der Waals surface area contributed by atoms with Crippen molar-refractivity contribution >= 4 is 6.03 Å². The molecule has 4 rings (SSSR count). The molecule has 2 aromatic rings. The molecule has 2 N–H and O–H groups in total. The van der Waals surface area contributed by atoms with Gasteiger partial charge in [0, 0.05) is 49.2 Å². The monoisotopic (exact) mass is 340 g/mol. The maximum atomic E-state index is 12.2. The number of hydrogen-bond donors (Lipinski definition) is 2. The number of fused-ring (bicyclic) bond motifs is 1. The number of urea groups is 1. The van der Waals surface area contributed by atoms with E-state index in [4.69, 9.17) is 0 Å². The Labute approximate surface area is 147 Å². The maximum absolute atomic E-state index is 12.2. The summed E-state index contributed by atoms with van der Waals surface area (Å²) < 4.78 is 0. The lowest BCUT2D eigenvalue weighted by Gasteiger charge is -2.37. The summed E-state index contributed by atoms with van der Waals surface area (Å²) in [5, 5.41) is 10.5. The number of nitrogens with one attached hydrogen (secondary N) is 2. The molecule has 0 radical (unpaired) electrons. The van der Waals surface area contributed by atoms with Gasteiger partial charge < -0.3 is 10.2 Å². The van der Waals surface area contributed by atoms with Crippen molar-refractivity contribution in [1.82, 2.24) is 30.3 Å². The van der Waals surface area contributed by atoms with Gasteiger partial charge in [0.25, 0.3) is 0 Å². The number of carbonyl (C=O) groups is 1. The second-order valence-corrected chi connectivity index (χ2v) is 7.16. The first kappa shape index (κ1) is 16.1. The van der Waals surface area contributed by atoms with Crippen LogP contribution in [0.1, 0.15) is 25.8 Å². The Hall–Kier alpha value is -2.41. The Bertz CT molecular complexity index is 743. The predicted octanol–water partition coefficient (Wildman–Crippen LogP) is 1.85. The van der Waals surface area contributed by atoms with Crippen molar-refractivity contribution in [2.45, 2.75) is 44.9 Å². The van der Waals surface area contributed by atoms with Gasteiger partial charge in [-0.1, -0.05) is 0 Å². The minimum absolute atomic E-state index is 0.0752. The molecule has 2 fully saturated rings. The lowest BCUT2D eigenvalue weighted by atomic mass is 9.98. The molecule has 0 spiro atoms. The maximum Gasteiger partial charge on any atom is 0.318 e. The molecule has 2 amide bonds. The number of rotatable bonds is 4. The van der Waals surface area contributed by atoms with Crippen molar-refractivity contribution in [3.8, 4) is 11.3 Å². The molecule has 4 heterocycles. The molecule has 0 saturated carbocycles. The molecule has 2 aromatic heterocycles. The van der Waals surface area contributed by atoms with Gasteiger partial charge in [0.2, 0.25) is 0 Å². The fourth-order valence-electron chi connectivity index (χ4n) is 4.06. The number of pyridine rings is 1. The molecule has 0 aromatic carbocycles. The summed E-state index contributed by atoms with van der Waals surface area (Å²) >= 11 is 0. The third kappa shape index (κ3) is 3.00. The molecule has 0 aliphatic carbocycles. The van der Waals surface area contributed by atoms with Crippen LogP contribution in [0.4, 0.5) is 4.79 Å². The number of aromatic nitrogens is 3. The third-order valence-electron chi connectivity index (χ3n) is 5.18. The number of carbonyl (C=O) groups excluding carboxylic acids is 1. The Balaban J connectivity index is 1.46. The van der Waals surface area contributed by atoms with E-state index < -0.39 is 0 Å². The van der Waals surface area contributed by atoms with Crippen molar-refractivity contribution in [2.75, 3.05) is 13.1 Å². The first-order chi connectivity index (χ1) is 12.1. The molecule has 7 heteroatoms. The lowest BCUT2D eigenvalue weighted by molar-refractivity contribution is 0.122. The van der Waals surface area contributed by atoms with Crippen LogP contribution in [-0.2, 0) is 6.54 Å². The van der Waals surface area contributed by atoms with Crippen LogP contribution < -0.4 is 5.32 Å². The number of aromatic amines is 1. The third-order valence-corrected chi connectivity index (χ3v) is 5.18. The normalized spacial score (nSPS) is 23.8. The number of H-pyrrole nitrogens is 1. The summed E-state index contributed by atoms with van der Waals surface area (Å²) in [7, 11) is 0. The van der Waals surface area contributed by atoms with Crippen LogP contribution in [-0.4, -0.2) is 62.2 Å². The van der Waals surface area contributed by atoms with E-state index in [1.54, 1.807) is 6.20 Å². The standard InChI is InChI=1S/C18H24N6O/c1-12(2)24-16-5-7-23(11-15(16)21-18(24)25)10-14-9-20-22-17(14)13-4-3-6-19-8-13/h3-4,6,8-9,12,15-16H,5,7,10-11H2,1-2H3,(H,20,22)(H,21,25)/t15-,16+/m1/s1. The topological polar surface area (TPSA) is 77.2 Å². The van der Waals surface area contributed by atoms with Crippen molar-refractivity contribution in [3.05, 3.63) is 36.3 Å². The molecule has 25 heavy (non-hydrogen) atoms. The predicted molar refractivity (Wildman–Crippen MR) is 94.8 cm³/mol. The highest BCUT2D eigenvalue weighted by Crippen LogP contribution is 2.27. The van der Waals surface area contributed by atoms with Gasteiger partial charge in [0.05, 0.1) is 24.0 Å². The van der Waals surface area contributed by atoms with Gasteiger partial charge >= 0.3 is 6.03 Å².